The Hall–Kier alpha value is -2.14. The number of hydrogen-bond donors (Lipinski definition) is 2. The fourth-order valence-corrected chi connectivity index (χ4v) is 2.89. The van der Waals surface area contributed by atoms with Crippen molar-refractivity contribution in [2.75, 3.05) is 31.2 Å². The van der Waals surface area contributed by atoms with E-state index in [9.17, 15) is 0 Å². The second-order valence-corrected chi connectivity index (χ2v) is 6.09. The average molecular weight is 298 g/mol. The molecule has 1 aliphatic rings. The highest BCUT2D eigenvalue weighted by Gasteiger charge is 2.11. The molecule has 0 atom stereocenters. The molecule has 108 valence electrons. The second-order valence-electron chi connectivity index (χ2n) is 4.95. The first-order valence-electron chi connectivity index (χ1n) is 6.87. The normalized spacial score (nSPS) is 14.1. The van der Waals surface area contributed by atoms with Crippen LogP contribution in [0.2, 0.25) is 0 Å². The summed E-state index contributed by atoms with van der Waals surface area (Å²) in [5.41, 5.74) is 7.55. The Morgan fingerprint density at radius 2 is 1.67 bits per heavy atom. The van der Waals surface area contributed by atoms with Gasteiger partial charge in [0, 0.05) is 34.8 Å². The van der Waals surface area contributed by atoms with Crippen molar-refractivity contribution in [1.29, 1.82) is 0 Å². The number of hydrogen-bond acceptors (Lipinski definition) is 5. The highest BCUT2D eigenvalue weighted by Crippen LogP contribution is 2.29. The van der Waals surface area contributed by atoms with Crippen molar-refractivity contribution in [3.63, 3.8) is 0 Å². The van der Waals surface area contributed by atoms with Gasteiger partial charge in [-0.3, -0.25) is 4.99 Å². The third-order valence-electron chi connectivity index (χ3n) is 3.28. The molecule has 0 bridgehead atoms. The number of benzene rings is 2. The zero-order chi connectivity index (χ0) is 14.7. The fourth-order valence-electron chi connectivity index (χ4n) is 2.07. The molecule has 0 spiro atoms. The van der Waals surface area contributed by atoms with Crippen molar-refractivity contribution in [1.82, 2.24) is 4.90 Å². The second kappa shape index (κ2) is 6.10. The molecule has 0 unspecified atom stereocenters. The number of guanidine groups is 1. The van der Waals surface area contributed by atoms with Gasteiger partial charge in [-0.25, -0.2) is 0 Å². The minimum absolute atomic E-state index is 0.792. The molecule has 0 fully saturated rings. The highest BCUT2D eigenvalue weighted by atomic mass is 32.2. The van der Waals surface area contributed by atoms with Gasteiger partial charge in [-0.15, -0.1) is 0 Å². The molecule has 0 aliphatic carbocycles. The molecule has 0 radical (unpaired) electrons. The molecule has 0 saturated heterocycles. The number of aliphatic imine (C=N–C) groups is 1. The predicted molar refractivity (Wildman–Crippen MR) is 90.0 cm³/mol. The topological polar surface area (TPSA) is 53.6 Å². The van der Waals surface area contributed by atoms with Gasteiger partial charge < -0.3 is 16.0 Å². The van der Waals surface area contributed by atoms with Crippen LogP contribution in [0, 0.1) is 0 Å². The molecule has 1 aliphatic heterocycles. The van der Waals surface area contributed by atoms with E-state index < -0.39 is 0 Å². The first-order chi connectivity index (χ1) is 10.2. The van der Waals surface area contributed by atoms with E-state index in [-0.39, 0.29) is 0 Å². The zero-order valence-electron chi connectivity index (χ0n) is 11.9. The molecule has 5 heteroatoms. The lowest BCUT2D eigenvalue weighted by atomic mass is 10.3. The lowest BCUT2D eigenvalue weighted by Gasteiger charge is -2.15. The Kier molecular flexibility index (Phi) is 4.01. The Morgan fingerprint density at radius 1 is 1.05 bits per heavy atom. The van der Waals surface area contributed by atoms with Crippen LogP contribution >= 0.6 is 11.8 Å². The average Bonchev–Trinajstić information content (AvgIpc) is 2.89. The number of anilines is 2. The molecule has 4 nitrogen and oxygen atoms in total. The quantitative estimate of drug-likeness (QED) is 0.855. The largest absolute Gasteiger partial charge is 0.399 e. The highest BCUT2D eigenvalue weighted by molar-refractivity contribution is 7.99. The Labute approximate surface area is 129 Å². The lowest BCUT2D eigenvalue weighted by molar-refractivity contribution is 0.555. The van der Waals surface area contributed by atoms with E-state index in [4.69, 9.17) is 5.73 Å². The summed E-state index contributed by atoms with van der Waals surface area (Å²) in [5.74, 6) is 0.939. The van der Waals surface area contributed by atoms with Gasteiger partial charge in [0.2, 0.25) is 0 Å². The molecule has 0 saturated carbocycles. The molecule has 21 heavy (non-hydrogen) atoms. The molecule has 1 heterocycles. The van der Waals surface area contributed by atoms with Crippen LogP contribution in [-0.2, 0) is 0 Å². The van der Waals surface area contributed by atoms with Gasteiger partial charge in [-0.2, -0.15) is 0 Å². The van der Waals surface area contributed by atoms with Crippen LogP contribution in [-0.4, -0.2) is 31.0 Å². The fraction of sp³-hybridized carbons (Fsp3) is 0.188. The number of rotatable bonds is 3. The minimum atomic E-state index is 0.792. The van der Waals surface area contributed by atoms with Crippen molar-refractivity contribution in [2.24, 2.45) is 4.99 Å². The van der Waals surface area contributed by atoms with Crippen LogP contribution in [0.25, 0.3) is 0 Å². The molecular formula is C16H18N4S. The van der Waals surface area contributed by atoms with Crippen LogP contribution in [0.4, 0.5) is 11.4 Å². The first-order valence-corrected chi connectivity index (χ1v) is 7.68. The van der Waals surface area contributed by atoms with Gasteiger partial charge in [0.1, 0.15) is 0 Å². The standard InChI is InChI=1S/C16H18N4S/c1-20-11-10-18-16(20)19-13-4-8-15(9-5-13)21-14-6-2-12(17)3-7-14/h2-9H,10-11,17H2,1H3,(H,18,19). The first kappa shape index (κ1) is 13.8. The van der Waals surface area contributed by atoms with Crippen molar-refractivity contribution in [2.45, 2.75) is 9.79 Å². The Balaban J connectivity index is 1.65. The summed E-state index contributed by atoms with van der Waals surface area (Å²) < 4.78 is 0. The third-order valence-corrected chi connectivity index (χ3v) is 4.30. The Morgan fingerprint density at radius 3 is 2.24 bits per heavy atom. The van der Waals surface area contributed by atoms with Crippen LogP contribution in [0.3, 0.4) is 0 Å². The van der Waals surface area contributed by atoms with E-state index >= 15 is 0 Å². The number of nitrogen functional groups attached to an aromatic ring is 1. The summed E-state index contributed by atoms with van der Waals surface area (Å²) in [6, 6.07) is 16.3. The van der Waals surface area contributed by atoms with Crippen molar-refractivity contribution < 1.29 is 0 Å². The van der Waals surface area contributed by atoms with Crippen LogP contribution in [0.5, 0.6) is 0 Å². The van der Waals surface area contributed by atoms with Gasteiger partial charge in [0.25, 0.3) is 0 Å². The monoisotopic (exact) mass is 298 g/mol. The maximum atomic E-state index is 5.70. The summed E-state index contributed by atoms with van der Waals surface area (Å²) >= 11 is 1.72. The van der Waals surface area contributed by atoms with E-state index in [1.165, 1.54) is 9.79 Å². The number of nitrogens with one attached hydrogen (secondary N) is 1. The summed E-state index contributed by atoms with van der Waals surface area (Å²) in [7, 11) is 2.05. The smallest absolute Gasteiger partial charge is 0.198 e. The summed E-state index contributed by atoms with van der Waals surface area (Å²) in [6.07, 6.45) is 0. The molecule has 3 N–H and O–H groups in total. The number of likely N-dealkylation sites (N-methyl/N-ethyl adjacent to an activating group) is 1. The van der Waals surface area contributed by atoms with Crippen LogP contribution in [0.15, 0.2) is 63.3 Å². The lowest BCUT2D eigenvalue weighted by Crippen LogP contribution is -2.28. The van der Waals surface area contributed by atoms with E-state index in [0.29, 0.717) is 0 Å². The summed E-state index contributed by atoms with van der Waals surface area (Å²) in [4.78, 5) is 8.93. The van der Waals surface area contributed by atoms with Crippen molar-refractivity contribution in [3.05, 3.63) is 48.5 Å². The maximum absolute atomic E-state index is 5.70. The molecular weight excluding hydrogens is 280 g/mol. The van der Waals surface area contributed by atoms with E-state index in [1.807, 2.05) is 31.3 Å². The van der Waals surface area contributed by atoms with Crippen LogP contribution < -0.4 is 11.1 Å². The zero-order valence-corrected chi connectivity index (χ0v) is 12.7. The predicted octanol–water partition coefficient (Wildman–Crippen LogP) is 3.13. The minimum Gasteiger partial charge on any atom is -0.399 e. The van der Waals surface area contributed by atoms with Crippen molar-refractivity contribution in [3.8, 4) is 0 Å². The maximum Gasteiger partial charge on any atom is 0.198 e. The molecule has 0 amide bonds. The van der Waals surface area contributed by atoms with E-state index in [0.717, 1.165) is 30.4 Å². The number of nitrogens with zero attached hydrogens (tertiary/aromatic N) is 2. The van der Waals surface area contributed by atoms with Gasteiger partial charge in [0.15, 0.2) is 5.96 Å². The molecule has 0 aromatic heterocycles. The van der Waals surface area contributed by atoms with Crippen molar-refractivity contribution >= 4 is 29.1 Å². The Bertz CT molecular complexity index is 634. The number of nitrogens with two attached hydrogens (primary N) is 1. The van der Waals surface area contributed by atoms with Crippen LogP contribution in [0.1, 0.15) is 0 Å². The van der Waals surface area contributed by atoms with E-state index in [2.05, 4.69) is 39.5 Å². The molecule has 2 aromatic rings. The summed E-state index contributed by atoms with van der Waals surface area (Å²) in [6.45, 7) is 1.84. The van der Waals surface area contributed by atoms with E-state index in [1.54, 1.807) is 11.8 Å². The van der Waals surface area contributed by atoms with Gasteiger partial charge in [0.05, 0.1) is 6.54 Å². The third kappa shape index (κ3) is 3.49. The molecule has 3 rings (SSSR count). The van der Waals surface area contributed by atoms with Gasteiger partial charge >= 0.3 is 0 Å². The SMILES string of the molecule is CN1CCN=C1Nc1ccc(Sc2ccc(N)cc2)cc1. The van der Waals surface area contributed by atoms with Gasteiger partial charge in [-0.1, -0.05) is 11.8 Å². The van der Waals surface area contributed by atoms with Gasteiger partial charge in [-0.05, 0) is 48.5 Å². The summed E-state index contributed by atoms with van der Waals surface area (Å²) in [5, 5.41) is 3.34. The molecule has 2 aromatic carbocycles.